The highest BCUT2D eigenvalue weighted by molar-refractivity contribution is 7.98. The summed E-state index contributed by atoms with van der Waals surface area (Å²) in [6.07, 6.45) is 0. The molecule has 0 atom stereocenters. The number of aryl methyl sites for hydroxylation is 1. The summed E-state index contributed by atoms with van der Waals surface area (Å²) < 4.78 is 11.9. The van der Waals surface area contributed by atoms with Crippen LogP contribution in [0, 0.1) is 6.92 Å². The standard InChI is InChI=1S/C19H18N6O2S/c1-12-3-5-13(6-4-12)17-21-16(27-24-17)11-28-19-23-22-18(25(19)20)14-7-9-15(26-2)10-8-14/h3-10H,11,20H2,1-2H3. The molecule has 2 N–H and O–H groups in total. The van der Waals surface area contributed by atoms with Crippen LogP contribution in [-0.4, -0.2) is 32.1 Å². The van der Waals surface area contributed by atoms with Gasteiger partial charge in [-0.05, 0) is 31.2 Å². The summed E-state index contributed by atoms with van der Waals surface area (Å²) in [7, 11) is 1.62. The van der Waals surface area contributed by atoms with Crippen LogP contribution in [0.15, 0.2) is 58.2 Å². The Kier molecular flexibility index (Phi) is 4.98. The Bertz CT molecular complexity index is 1070. The Balaban J connectivity index is 1.45. The van der Waals surface area contributed by atoms with Gasteiger partial charge in [-0.15, -0.1) is 10.2 Å². The molecule has 0 saturated heterocycles. The summed E-state index contributed by atoms with van der Waals surface area (Å²) in [4.78, 5) is 4.43. The zero-order chi connectivity index (χ0) is 19.5. The fraction of sp³-hybridized carbons (Fsp3) is 0.158. The van der Waals surface area contributed by atoms with E-state index in [4.69, 9.17) is 15.1 Å². The predicted molar refractivity (Wildman–Crippen MR) is 106 cm³/mol. The predicted octanol–water partition coefficient (Wildman–Crippen LogP) is 3.32. The zero-order valence-corrected chi connectivity index (χ0v) is 16.2. The molecule has 0 spiro atoms. The number of hydrogen-bond acceptors (Lipinski definition) is 8. The summed E-state index contributed by atoms with van der Waals surface area (Å²) in [5, 5.41) is 12.9. The molecule has 0 fully saturated rings. The number of benzene rings is 2. The van der Waals surface area contributed by atoms with Gasteiger partial charge in [-0.25, -0.2) is 4.68 Å². The highest BCUT2D eigenvalue weighted by Crippen LogP contribution is 2.26. The summed E-state index contributed by atoms with van der Waals surface area (Å²) in [6.45, 7) is 2.03. The van der Waals surface area contributed by atoms with Crippen molar-refractivity contribution in [1.29, 1.82) is 0 Å². The molecule has 28 heavy (non-hydrogen) atoms. The van der Waals surface area contributed by atoms with Crippen LogP contribution < -0.4 is 10.6 Å². The van der Waals surface area contributed by atoms with E-state index >= 15 is 0 Å². The number of nitrogens with zero attached hydrogens (tertiary/aromatic N) is 5. The number of methoxy groups -OCH3 is 1. The van der Waals surface area contributed by atoms with E-state index in [0.717, 1.165) is 16.9 Å². The Morgan fingerprint density at radius 2 is 1.75 bits per heavy atom. The molecule has 0 aliphatic heterocycles. The quantitative estimate of drug-likeness (QED) is 0.392. The highest BCUT2D eigenvalue weighted by atomic mass is 32.2. The van der Waals surface area contributed by atoms with Crippen molar-refractivity contribution in [3.63, 3.8) is 0 Å². The third-order valence-corrected chi connectivity index (χ3v) is 5.04. The van der Waals surface area contributed by atoms with E-state index in [2.05, 4.69) is 20.3 Å². The Labute approximate surface area is 165 Å². The lowest BCUT2D eigenvalue weighted by Gasteiger charge is -2.04. The van der Waals surface area contributed by atoms with Crippen LogP contribution in [0.1, 0.15) is 11.5 Å². The lowest BCUT2D eigenvalue weighted by Crippen LogP contribution is -2.11. The number of rotatable bonds is 6. The van der Waals surface area contributed by atoms with Crippen molar-refractivity contribution >= 4 is 11.8 Å². The van der Waals surface area contributed by atoms with Crippen LogP contribution in [0.25, 0.3) is 22.8 Å². The number of aromatic nitrogens is 5. The van der Waals surface area contributed by atoms with Crippen LogP contribution in [0.5, 0.6) is 5.75 Å². The first kappa shape index (κ1) is 18.1. The number of hydrogen-bond donors (Lipinski definition) is 1. The average Bonchev–Trinajstić information content (AvgIpc) is 3.34. The number of ether oxygens (including phenoxy) is 1. The smallest absolute Gasteiger partial charge is 0.237 e. The zero-order valence-electron chi connectivity index (χ0n) is 15.4. The first-order valence-corrected chi connectivity index (χ1v) is 9.50. The molecular weight excluding hydrogens is 376 g/mol. The van der Waals surface area contributed by atoms with Gasteiger partial charge < -0.3 is 15.1 Å². The van der Waals surface area contributed by atoms with Crippen molar-refractivity contribution in [3.05, 3.63) is 60.0 Å². The molecule has 9 heteroatoms. The third-order valence-electron chi connectivity index (χ3n) is 4.12. The minimum atomic E-state index is 0.441. The van der Waals surface area contributed by atoms with Gasteiger partial charge in [0, 0.05) is 11.1 Å². The second-order valence-electron chi connectivity index (χ2n) is 6.07. The normalized spacial score (nSPS) is 10.9. The van der Waals surface area contributed by atoms with Crippen molar-refractivity contribution in [2.45, 2.75) is 17.8 Å². The molecule has 0 saturated carbocycles. The second-order valence-corrected chi connectivity index (χ2v) is 7.01. The van der Waals surface area contributed by atoms with Gasteiger partial charge in [0.1, 0.15) is 5.75 Å². The van der Waals surface area contributed by atoms with Crippen molar-refractivity contribution in [3.8, 4) is 28.5 Å². The van der Waals surface area contributed by atoms with Gasteiger partial charge in [0.05, 0.1) is 12.9 Å². The maximum absolute atomic E-state index is 6.15. The van der Waals surface area contributed by atoms with E-state index in [0.29, 0.717) is 28.4 Å². The van der Waals surface area contributed by atoms with Crippen molar-refractivity contribution in [2.75, 3.05) is 13.0 Å². The second kappa shape index (κ2) is 7.73. The van der Waals surface area contributed by atoms with Gasteiger partial charge in [0.15, 0.2) is 5.82 Å². The monoisotopic (exact) mass is 394 g/mol. The maximum Gasteiger partial charge on any atom is 0.237 e. The summed E-state index contributed by atoms with van der Waals surface area (Å²) in [6, 6.07) is 15.4. The van der Waals surface area contributed by atoms with Crippen molar-refractivity contribution in [1.82, 2.24) is 25.0 Å². The van der Waals surface area contributed by atoms with Gasteiger partial charge in [-0.3, -0.25) is 0 Å². The van der Waals surface area contributed by atoms with E-state index in [1.807, 2.05) is 55.5 Å². The third kappa shape index (κ3) is 3.70. The Morgan fingerprint density at radius 1 is 1.04 bits per heavy atom. The van der Waals surface area contributed by atoms with Crippen LogP contribution in [-0.2, 0) is 5.75 Å². The van der Waals surface area contributed by atoms with Crippen LogP contribution >= 0.6 is 11.8 Å². The first-order valence-electron chi connectivity index (χ1n) is 8.51. The molecule has 2 aromatic heterocycles. The molecule has 0 radical (unpaired) electrons. The lowest BCUT2D eigenvalue weighted by atomic mass is 10.1. The molecule has 4 rings (SSSR count). The SMILES string of the molecule is COc1ccc(-c2nnc(SCc3nc(-c4ccc(C)cc4)no3)n2N)cc1. The molecule has 2 aromatic carbocycles. The van der Waals surface area contributed by atoms with Crippen molar-refractivity contribution < 1.29 is 9.26 Å². The largest absolute Gasteiger partial charge is 0.497 e. The molecule has 0 aliphatic rings. The number of thioether (sulfide) groups is 1. The average molecular weight is 394 g/mol. The maximum atomic E-state index is 6.15. The molecule has 8 nitrogen and oxygen atoms in total. The topological polar surface area (TPSA) is 105 Å². The van der Waals surface area contributed by atoms with Gasteiger partial charge in [0.2, 0.25) is 16.9 Å². The van der Waals surface area contributed by atoms with Crippen LogP contribution in [0.4, 0.5) is 0 Å². The fourth-order valence-electron chi connectivity index (χ4n) is 2.57. The van der Waals surface area contributed by atoms with E-state index in [-0.39, 0.29) is 0 Å². The molecule has 0 amide bonds. The minimum Gasteiger partial charge on any atom is -0.497 e. The number of nitrogen functional groups attached to an aromatic ring is 1. The van der Waals surface area contributed by atoms with Gasteiger partial charge in [-0.1, -0.05) is 46.7 Å². The van der Waals surface area contributed by atoms with Crippen LogP contribution in [0.2, 0.25) is 0 Å². The molecule has 0 aliphatic carbocycles. The summed E-state index contributed by atoms with van der Waals surface area (Å²) in [5.74, 6) is 8.98. The molecule has 2 heterocycles. The fourth-order valence-corrected chi connectivity index (χ4v) is 3.27. The van der Waals surface area contributed by atoms with E-state index in [1.54, 1.807) is 7.11 Å². The minimum absolute atomic E-state index is 0.441. The Hall–Kier alpha value is -3.33. The molecule has 4 aromatic rings. The molecule has 0 unspecified atom stereocenters. The molecular formula is C19H18N6O2S. The van der Waals surface area contributed by atoms with E-state index in [9.17, 15) is 0 Å². The summed E-state index contributed by atoms with van der Waals surface area (Å²) >= 11 is 1.38. The van der Waals surface area contributed by atoms with Gasteiger partial charge in [-0.2, -0.15) is 4.98 Å². The lowest BCUT2D eigenvalue weighted by molar-refractivity contribution is 0.391. The van der Waals surface area contributed by atoms with Crippen molar-refractivity contribution in [2.24, 2.45) is 0 Å². The van der Waals surface area contributed by atoms with Crippen LogP contribution in [0.3, 0.4) is 0 Å². The highest BCUT2D eigenvalue weighted by Gasteiger charge is 2.15. The van der Waals surface area contributed by atoms with Gasteiger partial charge >= 0.3 is 0 Å². The van der Waals surface area contributed by atoms with E-state index in [1.165, 1.54) is 22.0 Å². The first-order chi connectivity index (χ1) is 13.6. The van der Waals surface area contributed by atoms with Gasteiger partial charge in [0.25, 0.3) is 0 Å². The molecule has 0 bridgehead atoms. The molecule has 142 valence electrons. The Morgan fingerprint density at radius 3 is 2.46 bits per heavy atom. The van der Waals surface area contributed by atoms with E-state index < -0.39 is 0 Å². The summed E-state index contributed by atoms with van der Waals surface area (Å²) in [5.41, 5.74) is 2.94. The number of nitrogens with two attached hydrogens (primary N) is 1.